The first-order valence-electron chi connectivity index (χ1n) is 11.2. The van der Waals surface area contributed by atoms with E-state index >= 15 is 0 Å². The fourth-order valence-corrected chi connectivity index (χ4v) is 4.50. The van der Waals surface area contributed by atoms with Crippen molar-refractivity contribution in [3.8, 4) is 5.75 Å². The summed E-state index contributed by atoms with van der Waals surface area (Å²) in [5.74, 6) is -9.80. The third kappa shape index (κ3) is 5.60. The van der Waals surface area contributed by atoms with Crippen LogP contribution in [0.1, 0.15) is 10.4 Å². The van der Waals surface area contributed by atoms with Crippen LogP contribution < -0.4 is 25.2 Å². The number of benzene rings is 3. The van der Waals surface area contributed by atoms with E-state index in [4.69, 9.17) is 28.6 Å². The van der Waals surface area contributed by atoms with Gasteiger partial charge in [0.15, 0.2) is 28.4 Å². The highest BCUT2D eigenvalue weighted by Gasteiger charge is 2.31. The highest BCUT2D eigenvalue weighted by molar-refractivity contribution is 7.80. The van der Waals surface area contributed by atoms with E-state index in [-0.39, 0.29) is 31.3 Å². The number of carbonyl (C=O) groups is 1. The Bertz CT molecular complexity index is 1370. The molecule has 3 aromatic carbocycles. The number of amides is 1. The van der Waals surface area contributed by atoms with Gasteiger partial charge < -0.3 is 19.9 Å². The molecule has 0 atom stereocenters. The number of methoxy groups -OCH3 is 1. The Hall–Kier alpha value is -3.64. The van der Waals surface area contributed by atoms with Gasteiger partial charge in [-0.2, -0.15) is 0 Å². The number of carbonyl (C=O) groups excluding carboxylic acids is 1. The quantitative estimate of drug-likeness (QED) is 0.183. The SMILES string of the molecule is COc1cccc(C(=O)NC(=S)Nc2ccc(N3CCN(c4c(F)c(F)c(F)c(F)c4F)CC3)c(Cl)c2)c1. The van der Waals surface area contributed by atoms with Crippen molar-refractivity contribution in [3.63, 3.8) is 0 Å². The zero-order valence-corrected chi connectivity index (χ0v) is 21.3. The van der Waals surface area contributed by atoms with Crippen molar-refractivity contribution in [2.75, 3.05) is 48.4 Å². The van der Waals surface area contributed by atoms with Crippen LogP contribution in [0.2, 0.25) is 5.02 Å². The number of nitrogens with zero attached hydrogens (tertiary/aromatic N) is 2. The Balaban J connectivity index is 1.39. The lowest BCUT2D eigenvalue weighted by Gasteiger charge is -2.38. The van der Waals surface area contributed by atoms with Crippen molar-refractivity contribution < 1.29 is 31.5 Å². The monoisotopic (exact) mass is 570 g/mol. The minimum absolute atomic E-state index is 0.00489. The van der Waals surface area contributed by atoms with Crippen molar-refractivity contribution in [2.45, 2.75) is 0 Å². The van der Waals surface area contributed by atoms with Crippen LogP contribution in [0.25, 0.3) is 0 Å². The van der Waals surface area contributed by atoms with E-state index in [1.807, 2.05) is 4.90 Å². The van der Waals surface area contributed by atoms with E-state index < -0.39 is 40.7 Å². The zero-order valence-electron chi connectivity index (χ0n) is 19.8. The van der Waals surface area contributed by atoms with Gasteiger partial charge in [-0.1, -0.05) is 17.7 Å². The normalized spacial score (nSPS) is 13.3. The minimum atomic E-state index is -2.19. The first-order valence-corrected chi connectivity index (χ1v) is 12.0. The number of halogens is 6. The van der Waals surface area contributed by atoms with Gasteiger partial charge >= 0.3 is 0 Å². The Morgan fingerprint density at radius 2 is 1.50 bits per heavy atom. The summed E-state index contributed by atoms with van der Waals surface area (Å²) in [6.07, 6.45) is 0. The number of anilines is 3. The molecule has 1 saturated heterocycles. The summed E-state index contributed by atoms with van der Waals surface area (Å²) in [7, 11) is 1.49. The van der Waals surface area contributed by atoms with Crippen molar-refractivity contribution in [1.29, 1.82) is 0 Å². The largest absolute Gasteiger partial charge is 0.497 e. The molecule has 0 saturated carbocycles. The van der Waals surface area contributed by atoms with Crippen molar-refractivity contribution >= 4 is 51.9 Å². The lowest BCUT2D eigenvalue weighted by molar-refractivity contribution is 0.0977. The molecule has 1 amide bonds. The van der Waals surface area contributed by atoms with Gasteiger partial charge in [0.25, 0.3) is 5.91 Å². The second-order valence-corrected chi connectivity index (χ2v) is 9.01. The molecule has 1 fully saturated rings. The van der Waals surface area contributed by atoms with Gasteiger partial charge in [0.05, 0.1) is 17.8 Å². The van der Waals surface area contributed by atoms with Gasteiger partial charge in [0, 0.05) is 37.4 Å². The van der Waals surface area contributed by atoms with Gasteiger partial charge in [0.1, 0.15) is 11.4 Å². The van der Waals surface area contributed by atoms with Crippen molar-refractivity contribution in [2.24, 2.45) is 0 Å². The molecule has 38 heavy (non-hydrogen) atoms. The Morgan fingerprint density at radius 1 is 0.895 bits per heavy atom. The van der Waals surface area contributed by atoms with E-state index in [1.54, 1.807) is 42.5 Å². The highest BCUT2D eigenvalue weighted by Crippen LogP contribution is 2.33. The lowest BCUT2D eigenvalue weighted by atomic mass is 10.2. The Morgan fingerprint density at radius 3 is 2.11 bits per heavy atom. The molecule has 0 spiro atoms. The molecule has 0 aromatic heterocycles. The molecule has 0 bridgehead atoms. The highest BCUT2D eigenvalue weighted by atomic mass is 35.5. The fourth-order valence-electron chi connectivity index (χ4n) is 3.98. The summed E-state index contributed by atoms with van der Waals surface area (Å²) in [6, 6.07) is 11.5. The average Bonchev–Trinajstić information content (AvgIpc) is 2.91. The van der Waals surface area contributed by atoms with Crippen LogP contribution in [-0.2, 0) is 0 Å². The molecular weight excluding hydrogens is 551 g/mol. The van der Waals surface area contributed by atoms with Gasteiger partial charge in [-0.25, -0.2) is 22.0 Å². The van der Waals surface area contributed by atoms with E-state index in [0.29, 0.717) is 27.7 Å². The maximum absolute atomic E-state index is 14.2. The topological polar surface area (TPSA) is 56.8 Å². The van der Waals surface area contributed by atoms with Crippen LogP contribution in [0, 0.1) is 29.1 Å². The average molecular weight is 571 g/mol. The number of ether oxygens (including phenoxy) is 1. The molecule has 0 aliphatic carbocycles. The molecule has 1 heterocycles. The zero-order chi connectivity index (χ0) is 27.6. The summed E-state index contributed by atoms with van der Waals surface area (Å²) in [4.78, 5) is 15.4. The number of thiocarbonyl (C=S) groups is 1. The van der Waals surface area contributed by atoms with Crippen molar-refractivity contribution in [3.05, 3.63) is 82.1 Å². The van der Waals surface area contributed by atoms with Crippen LogP contribution in [0.5, 0.6) is 5.75 Å². The predicted molar refractivity (Wildman–Crippen MR) is 139 cm³/mol. The maximum atomic E-state index is 14.2. The standard InChI is InChI=1S/C25H20ClF5N4O2S/c1-37-15-4-2-3-13(11-15)24(36)33-25(38)32-14-5-6-17(16(26)12-14)34-7-9-35(10-8-34)23-21(30)19(28)18(27)20(29)22(23)31/h2-6,11-12H,7-10H2,1H3,(H2,32,33,36,38). The molecule has 3 aromatic rings. The summed E-state index contributed by atoms with van der Waals surface area (Å²) in [6.45, 7) is 0.409. The summed E-state index contributed by atoms with van der Waals surface area (Å²) < 4.78 is 74.1. The third-order valence-electron chi connectivity index (χ3n) is 5.89. The van der Waals surface area contributed by atoms with Gasteiger partial charge in [-0.3, -0.25) is 10.1 Å². The molecule has 0 unspecified atom stereocenters. The second-order valence-electron chi connectivity index (χ2n) is 8.20. The maximum Gasteiger partial charge on any atom is 0.257 e. The van der Waals surface area contributed by atoms with E-state index in [9.17, 15) is 26.7 Å². The summed E-state index contributed by atoms with van der Waals surface area (Å²) >= 11 is 11.7. The fraction of sp³-hybridized carbons (Fsp3) is 0.200. The van der Waals surface area contributed by atoms with E-state index in [2.05, 4.69) is 10.6 Å². The number of nitrogens with one attached hydrogen (secondary N) is 2. The molecule has 1 aliphatic heterocycles. The first kappa shape index (κ1) is 27.4. The molecule has 4 rings (SSSR count). The van der Waals surface area contributed by atoms with Crippen LogP contribution in [0.3, 0.4) is 0 Å². The number of hydrogen-bond donors (Lipinski definition) is 2. The molecule has 1 aliphatic rings. The Labute approximate surface area is 224 Å². The second kappa shape index (κ2) is 11.4. The third-order valence-corrected chi connectivity index (χ3v) is 6.39. The van der Waals surface area contributed by atoms with Gasteiger partial charge in [-0.15, -0.1) is 0 Å². The Kier molecular flexibility index (Phi) is 8.22. The van der Waals surface area contributed by atoms with E-state index in [0.717, 1.165) is 4.90 Å². The van der Waals surface area contributed by atoms with Crippen LogP contribution in [0.15, 0.2) is 42.5 Å². The smallest absolute Gasteiger partial charge is 0.257 e. The first-order chi connectivity index (χ1) is 18.1. The number of hydrogen-bond acceptors (Lipinski definition) is 5. The minimum Gasteiger partial charge on any atom is -0.497 e. The molecular formula is C25H20ClF5N4O2S. The molecule has 200 valence electrons. The van der Waals surface area contributed by atoms with Crippen LogP contribution in [-0.4, -0.2) is 44.3 Å². The van der Waals surface area contributed by atoms with Gasteiger partial charge in [-0.05, 0) is 48.6 Å². The molecule has 13 heteroatoms. The molecule has 0 radical (unpaired) electrons. The molecule has 2 N–H and O–H groups in total. The lowest BCUT2D eigenvalue weighted by Crippen LogP contribution is -2.47. The molecule has 6 nitrogen and oxygen atoms in total. The van der Waals surface area contributed by atoms with Crippen LogP contribution in [0.4, 0.5) is 39.0 Å². The predicted octanol–water partition coefficient (Wildman–Crippen LogP) is 5.50. The summed E-state index contributed by atoms with van der Waals surface area (Å²) in [5.41, 5.74) is 0.499. The van der Waals surface area contributed by atoms with Crippen molar-refractivity contribution in [1.82, 2.24) is 5.32 Å². The van der Waals surface area contributed by atoms with Gasteiger partial charge in [0.2, 0.25) is 5.82 Å². The van der Waals surface area contributed by atoms with E-state index in [1.165, 1.54) is 7.11 Å². The summed E-state index contributed by atoms with van der Waals surface area (Å²) in [5, 5.41) is 5.79. The number of piperazine rings is 1. The number of rotatable bonds is 5. The van der Waals surface area contributed by atoms with Crippen LogP contribution >= 0.6 is 23.8 Å².